The van der Waals surface area contributed by atoms with Gasteiger partial charge in [-0.15, -0.1) is 0 Å². The highest BCUT2D eigenvalue weighted by molar-refractivity contribution is 7.89. The predicted molar refractivity (Wildman–Crippen MR) is 90.1 cm³/mol. The molecule has 0 unspecified atom stereocenters. The standard InChI is InChI=1S/C16H24N2O5S/c1-5-7-12(2)17-15(19)11-23-16(20)13-8-6-9-14(10-13)24(21,22)18(3)4/h6,8-10,12H,5,7,11H2,1-4H3,(H,17,19)/t12-/m0/s1. The molecule has 0 saturated heterocycles. The average molecular weight is 356 g/mol. The highest BCUT2D eigenvalue weighted by Crippen LogP contribution is 2.15. The van der Waals surface area contributed by atoms with Gasteiger partial charge in [-0.05, 0) is 31.5 Å². The molecule has 1 N–H and O–H groups in total. The Labute approximate surface area is 143 Å². The van der Waals surface area contributed by atoms with Crippen LogP contribution in [0.15, 0.2) is 29.2 Å². The second-order valence-electron chi connectivity index (χ2n) is 5.65. The molecule has 0 fully saturated rings. The van der Waals surface area contributed by atoms with Gasteiger partial charge in [-0.25, -0.2) is 17.5 Å². The quantitative estimate of drug-likeness (QED) is 0.711. The van der Waals surface area contributed by atoms with Crippen LogP contribution in [-0.2, 0) is 19.6 Å². The maximum Gasteiger partial charge on any atom is 0.338 e. The number of hydrogen-bond acceptors (Lipinski definition) is 5. The number of nitrogens with one attached hydrogen (secondary N) is 1. The van der Waals surface area contributed by atoms with Gasteiger partial charge in [0.1, 0.15) is 0 Å². The van der Waals surface area contributed by atoms with E-state index in [-0.39, 0.29) is 22.4 Å². The van der Waals surface area contributed by atoms with Gasteiger partial charge in [0.25, 0.3) is 5.91 Å². The van der Waals surface area contributed by atoms with E-state index in [9.17, 15) is 18.0 Å². The Hall–Kier alpha value is -1.93. The molecule has 0 aliphatic carbocycles. The molecule has 0 aliphatic heterocycles. The van der Waals surface area contributed by atoms with Crippen LogP contribution in [-0.4, -0.2) is 51.3 Å². The zero-order chi connectivity index (χ0) is 18.3. The van der Waals surface area contributed by atoms with Crippen LogP contribution < -0.4 is 5.32 Å². The van der Waals surface area contributed by atoms with Crippen molar-refractivity contribution in [2.75, 3.05) is 20.7 Å². The van der Waals surface area contributed by atoms with E-state index in [1.165, 1.54) is 38.4 Å². The summed E-state index contributed by atoms with van der Waals surface area (Å²) in [6.07, 6.45) is 1.78. The molecule has 0 saturated carbocycles. The van der Waals surface area contributed by atoms with Gasteiger partial charge >= 0.3 is 5.97 Å². The molecule has 0 aliphatic rings. The second-order valence-corrected chi connectivity index (χ2v) is 7.80. The molecule has 7 nitrogen and oxygen atoms in total. The fourth-order valence-corrected chi connectivity index (χ4v) is 2.98. The van der Waals surface area contributed by atoms with Crippen molar-refractivity contribution in [3.05, 3.63) is 29.8 Å². The highest BCUT2D eigenvalue weighted by Gasteiger charge is 2.19. The lowest BCUT2D eigenvalue weighted by atomic mass is 10.2. The first kappa shape index (κ1) is 20.1. The van der Waals surface area contributed by atoms with E-state index in [4.69, 9.17) is 4.74 Å². The van der Waals surface area contributed by atoms with Gasteiger partial charge in [0, 0.05) is 20.1 Å². The van der Waals surface area contributed by atoms with Crippen molar-refractivity contribution in [1.82, 2.24) is 9.62 Å². The van der Waals surface area contributed by atoms with E-state index in [2.05, 4.69) is 5.32 Å². The Bertz CT molecular complexity index is 685. The molecular weight excluding hydrogens is 332 g/mol. The zero-order valence-corrected chi connectivity index (χ0v) is 15.2. The normalized spacial score (nSPS) is 12.7. The summed E-state index contributed by atoms with van der Waals surface area (Å²) in [5.74, 6) is -1.13. The minimum absolute atomic E-state index is 0.00904. The average Bonchev–Trinajstić information content (AvgIpc) is 2.52. The van der Waals surface area contributed by atoms with Crippen LogP contribution >= 0.6 is 0 Å². The van der Waals surface area contributed by atoms with Crippen LogP contribution in [0.5, 0.6) is 0 Å². The molecule has 1 aromatic rings. The molecule has 0 radical (unpaired) electrons. The van der Waals surface area contributed by atoms with E-state index in [1.807, 2.05) is 13.8 Å². The molecule has 0 aromatic heterocycles. The van der Waals surface area contributed by atoms with Crippen molar-refractivity contribution >= 4 is 21.9 Å². The van der Waals surface area contributed by atoms with Gasteiger partial charge in [0.05, 0.1) is 10.5 Å². The van der Waals surface area contributed by atoms with Gasteiger partial charge in [0.15, 0.2) is 6.61 Å². The third-order valence-electron chi connectivity index (χ3n) is 3.31. The molecule has 24 heavy (non-hydrogen) atoms. The van der Waals surface area contributed by atoms with E-state index >= 15 is 0 Å². The molecule has 0 spiro atoms. The van der Waals surface area contributed by atoms with Crippen LogP contribution in [0.2, 0.25) is 0 Å². The molecule has 1 rings (SSSR count). The highest BCUT2D eigenvalue weighted by atomic mass is 32.2. The summed E-state index contributed by atoms with van der Waals surface area (Å²) < 4.78 is 30.1. The second kappa shape index (κ2) is 8.79. The molecule has 8 heteroatoms. The SMILES string of the molecule is CCC[C@H](C)NC(=O)COC(=O)c1cccc(S(=O)(=O)N(C)C)c1. The summed E-state index contributed by atoms with van der Waals surface area (Å²) in [5, 5.41) is 2.72. The van der Waals surface area contributed by atoms with Crippen molar-refractivity contribution in [3.63, 3.8) is 0 Å². The number of hydrogen-bond donors (Lipinski definition) is 1. The van der Waals surface area contributed by atoms with Gasteiger partial charge < -0.3 is 10.1 Å². The van der Waals surface area contributed by atoms with Gasteiger partial charge in [-0.1, -0.05) is 19.4 Å². The number of amides is 1. The van der Waals surface area contributed by atoms with Crippen molar-refractivity contribution < 1.29 is 22.7 Å². The number of carbonyl (C=O) groups excluding carboxylic acids is 2. The third kappa shape index (κ3) is 5.61. The van der Waals surface area contributed by atoms with Crippen LogP contribution in [0.4, 0.5) is 0 Å². The third-order valence-corrected chi connectivity index (χ3v) is 5.12. The van der Waals surface area contributed by atoms with Crippen LogP contribution in [0.25, 0.3) is 0 Å². The topological polar surface area (TPSA) is 92.8 Å². The van der Waals surface area contributed by atoms with E-state index in [0.717, 1.165) is 17.1 Å². The Morgan fingerprint density at radius 2 is 1.96 bits per heavy atom. The Morgan fingerprint density at radius 1 is 1.29 bits per heavy atom. The summed E-state index contributed by atoms with van der Waals surface area (Å²) in [5.41, 5.74) is 0.0762. The molecule has 134 valence electrons. The molecule has 1 aromatic carbocycles. The van der Waals surface area contributed by atoms with Gasteiger partial charge in [-0.3, -0.25) is 4.79 Å². The minimum Gasteiger partial charge on any atom is -0.452 e. The van der Waals surface area contributed by atoms with E-state index < -0.39 is 22.6 Å². The van der Waals surface area contributed by atoms with Crippen molar-refractivity contribution in [3.8, 4) is 0 Å². The van der Waals surface area contributed by atoms with E-state index in [0.29, 0.717) is 0 Å². The summed E-state index contributed by atoms with van der Waals surface area (Å²) in [6.45, 7) is 3.48. The molecule has 0 heterocycles. The molecule has 1 amide bonds. The van der Waals surface area contributed by atoms with Crippen molar-refractivity contribution in [2.45, 2.75) is 37.6 Å². The van der Waals surface area contributed by atoms with Crippen LogP contribution in [0.1, 0.15) is 37.0 Å². The monoisotopic (exact) mass is 356 g/mol. The molecular formula is C16H24N2O5S. The fraction of sp³-hybridized carbons (Fsp3) is 0.500. The maximum absolute atomic E-state index is 12.1. The number of nitrogens with zero attached hydrogens (tertiary/aromatic N) is 1. The van der Waals surface area contributed by atoms with Crippen LogP contribution in [0.3, 0.4) is 0 Å². The minimum atomic E-state index is -3.64. The lowest BCUT2D eigenvalue weighted by molar-refractivity contribution is -0.124. The summed E-state index contributed by atoms with van der Waals surface area (Å²) >= 11 is 0. The number of sulfonamides is 1. The van der Waals surface area contributed by atoms with Crippen molar-refractivity contribution in [2.24, 2.45) is 0 Å². The summed E-state index contributed by atoms with van der Waals surface area (Å²) in [4.78, 5) is 23.7. The first-order valence-electron chi connectivity index (χ1n) is 7.67. The van der Waals surface area contributed by atoms with E-state index in [1.54, 1.807) is 0 Å². The Kier molecular flexibility index (Phi) is 7.37. The molecule has 1 atom stereocenters. The number of benzene rings is 1. The fourth-order valence-electron chi connectivity index (χ4n) is 2.03. The summed E-state index contributed by atoms with van der Waals surface area (Å²) in [6, 6.07) is 5.53. The Morgan fingerprint density at radius 3 is 2.54 bits per heavy atom. The smallest absolute Gasteiger partial charge is 0.338 e. The number of rotatable bonds is 8. The summed E-state index contributed by atoms with van der Waals surface area (Å²) in [7, 11) is -0.830. The maximum atomic E-state index is 12.1. The van der Waals surface area contributed by atoms with Crippen LogP contribution in [0, 0.1) is 0 Å². The first-order valence-corrected chi connectivity index (χ1v) is 9.11. The first-order chi connectivity index (χ1) is 11.2. The largest absolute Gasteiger partial charge is 0.452 e. The molecule has 0 bridgehead atoms. The van der Waals surface area contributed by atoms with Gasteiger partial charge in [-0.2, -0.15) is 0 Å². The number of carbonyl (C=O) groups is 2. The lowest BCUT2D eigenvalue weighted by Crippen LogP contribution is -2.35. The number of esters is 1. The zero-order valence-electron chi connectivity index (χ0n) is 14.4. The number of ether oxygens (including phenoxy) is 1. The van der Waals surface area contributed by atoms with Crippen molar-refractivity contribution in [1.29, 1.82) is 0 Å². The predicted octanol–water partition coefficient (Wildman–Crippen LogP) is 1.40. The Balaban J connectivity index is 2.71. The van der Waals surface area contributed by atoms with Gasteiger partial charge in [0.2, 0.25) is 10.0 Å². The lowest BCUT2D eigenvalue weighted by Gasteiger charge is -2.13.